The topological polar surface area (TPSA) is 65.0 Å². The van der Waals surface area contributed by atoms with Crippen molar-refractivity contribution in [1.82, 2.24) is 0 Å². The minimum absolute atomic E-state index is 0.0522. The van der Waals surface area contributed by atoms with E-state index in [-0.39, 0.29) is 10.8 Å². The fraction of sp³-hybridized carbons (Fsp3) is 0.316. The van der Waals surface area contributed by atoms with Gasteiger partial charge in [0.05, 0.1) is 37.7 Å². The van der Waals surface area contributed by atoms with E-state index in [0.29, 0.717) is 17.2 Å². The summed E-state index contributed by atoms with van der Waals surface area (Å²) in [4.78, 5) is 11.1. The zero-order valence-electron chi connectivity index (χ0n) is 14.7. The van der Waals surface area contributed by atoms with Crippen LogP contribution in [0.15, 0.2) is 36.4 Å². The second-order valence-electron chi connectivity index (χ2n) is 5.21. The molecule has 0 aliphatic carbocycles. The zero-order valence-corrected chi connectivity index (χ0v) is 15.6. The molecule has 0 bridgehead atoms. The van der Waals surface area contributed by atoms with Crippen LogP contribution in [0, 0.1) is 0 Å². The fourth-order valence-corrected chi connectivity index (χ4v) is 3.69. The average molecular weight is 362 g/mol. The largest absolute Gasteiger partial charge is 0.496 e. The highest BCUT2D eigenvalue weighted by Gasteiger charge is 2.24. The summed E-state index contributed by atoms with van der Waals surface area (Å²) in [5.74, 6) is 1.93. The summed E-state index contributed by atoms with van der Waals surface area (Å²) in [5.41, 5.74) is 2.15. The van der Waals surface area contributed by atoms with Gasteiger partial charge in [0, 0.05) is 12.1 Å². The van der Waals surface area contributed by atoms with Crippen molar-refractivity contribution in [2.24, 2.45) is 0 Å². The van der Waals surface area contributed by atoms with Gasteiger partial charge in [-0.25, -0.2) is 4.79 Å². The first-order chi connectivity index (χ1) is 12.0. The minimum atomic E-state index is -0.939. The number of thioether (sulfide) groups is 1. The van der Waals surface area contributed by atoms with E-state index in [9.17, 15) is 4.79 Å². The van der Waals surface area contributed by atoms with E-state index in [1.54, 1.807) is 45.2 Å². The number of ether oxygens (including phenoxy) is 3. The van der Waals surface area contributed by atoms with Crippen molar-refractivity contribution in [2.75, 3.05) is 27.1 Å². The molecule has 0 aromatic heterocycles. The molecule has 1 N–H and O–H groups in total. The molecule has 0 fully saturated rings. The van der Waals surface area contributed by atoms with Gasteiger partial charge in [-0.2, -0.15) is 0 Å². The van der Waals surface area contributed by atoms with Gasteiger partial charge in [-0.1, -0.05) is 19.1 Å². The lowest BCUT2D eigenvalue weighted by Gasteiger charge is -2.23. The van der Waals surface area contributed by atoms with E-state index in [0.717, 1.165) is 16.9 Å². The number of hydrogen-bond donors (Lipinski definition) is 1. The van der Waals surface area contributed by atoms with Gasteiger partial charge in [0.2, 0.25) is 0 Å². The number of aromatic carboxylic acids is 1. The van der Waals surface area contributed by atoms with Crippen LogP contribution in [0.25, 0.3) is 0 Å². The Balaban J connectivity index is 2.57. The van der Waals surface area contributed by atoms with Crippen molar-refractivity contribution in [1.29, 1.82) is 0 Å². The summed E-state index contributed by atoms with van der Waals surface area (Å²) < 4.78 is 16.5. The number of carboxylic acid groups (broad SMARTS) is 1. The fourth-order valence-electron chi connectivity index (χ4n) is 2.60. The third kappa shape index (κ3) is 4.20. The molecule has 5 nitrogen and oxygen atoms in total. The van der Waals surface area contributed by atoms with E-state index in [1.807, 2.05) is 24.3 Å². The third-order valence-corrected chi connectivity index (χ3v) is 4.98. The van der Waals surface area contributed by atoms with E-state index < -0.39 is 5.97 Å². The van der Waals surface area contributed by atoms with Crippen molar-refractivity contribution in [3.05, 3.63) is 53.1 Å². The summed E-state index contributed by atoms with van der Waals surface area (Å²) in [7, 11) is 4.81. The van der Waals surface area contributed by atoms with Crippen LogP contribution in [0.4, 0.5) is 0 Å². The standard InChI is InChI=1S/C19H22O5S/c1-5-25-18(12-6-8-13(9-7-12)19(20)21)17-15(23-3)10-14(22-2)11-16(17)24-4/h6-11,18H,5H2,1-4H3,(H,20,21). The first-order valence-corrected chi connectivity index (χ1v) is 8.85. The van der Waals surface area contributed by atoms with Gasteiger partial charge in [0.15, 0.2) is 0 Å². The van der Waals surface area contributed by atoms with Crippen molar-refractivity contribution in [2.45, 2.75) is 12.2 Å². The molecule has 0 heterocycles. The summed E-state index contributed by atoms with van der Waals surface area (Å²) in [6, 6.07) is 10.5. The molecule has 2 aromatic rings. The van der Waals surface area contributed by atoms with Gasteiger partial charge < -0.3 is 19.3 Å². The number of carbonyl (C=O) groups is 1. The van der Waals surface area contributed by atoms with Crippen LogP contribution in [-0.4, -0.2) is 38.2 Å². The number of methoxy groups -OCH3 is 3. The van der Waals surface area contributed by atoms with E-state index in [2.05, 4.69) is 6.92 Å². The number of benzene rings is 2. The maximum absolute atomic E-state index is 11.1. The highest BCUT2D eigenvalue weighted by atomic mass is 32.2. The highest BCUT2D eigenvalue weighted by Crippen LogP contribution is 2.46. The molecule has 0 saturated carbocycles. The Morgan fingerprint density at radius 2 is 1.60 bits per heavy atom. The molecule has 0 aliphatic rings. The van der Waals surface area contributed by atoms with Gasteiger partial charge in [-0.15, -0.1) is 11.8 Å². The van der Waals surface area contributed by atoms with Crippen LogP contribution in [0.5, 0.6) is 17.2 Å². The monoisotopic (exact) mass is 362 g/mol. The minimum Gasteiger partial charge on any atom is -0.496 e. The van der Waals surface area contributed by atoms with E-state index >= 15 is 0 Å². The maximum Gasteiger partial charge on any atom is 0.335 e. The van der Waals surface area contributed by atoms with Crippen LogP contribution >= 0.6 is 11.8 Å². The Morgan fingerprint density at radius 3 is 2.00 bits per heavy atom. The molecule has 0 spiro atoms. The molecule has 0 aliphatic heterocycles. The van der Waals surface area contributed by atoms with Crippen molar-refractivity contribution in [3.8, 4) is 17.2 Å². The second kappa shape index (κ2) is 8.67. The van der Waals surface area contributed by atoms with E-state index in [1.165, 1.54) is 0 Å². The van der Waals surface area contributed by atoms with Gasteiger partial charge in [-0.05, 0) is 23.4 Å². The Bertz CT molecular complexity index is 702. The molecule has 6 heteroatoms. The van der Waals surface area contributed by atoms with Crippen LogP contribution in [-0.2, 0) is 0 Å². The highest BCUT2D eigenvalue weighted by molar-refractivity contribution is 7.99. The summed E-state index contributed by atoms with van der Waals surface area (Å²) in [5, 5.41) is 9.05. The second-order valence-corrected chi connectivity index (χ2v) is 6.59. The Kier molecular flexibility index (Phi) is 6.58. The van der Waals surface area contributed by atoms with Crippen molar-refractivity contribution < 1.29 is 24.1 Å². The Labute approximate surface area is 151 Å². The molecule has 0 radical (unpaired) electrons. The quantitative estimate of drug-likeness (QED) is 0.757. The van der Waals surface area contributed by atoms with Crippen molar-refractivity contribution >= 4 is 17.7 Å². The molecule has 1 unspecified atom stereocenters. The summed E-state index contributed by atoms with van der Waals surface area (Å²) in [6.45, 7) is 2.08. The molecule has 25 heavy (non-hydrogen) atoms. The molecule has 2 rings (SSSR count). The normalized spacial score (nSPS) is 11.7. The van der Waals surface area contributed by atoms with Gasteiger partial charge in [-0.3, -0.25) is 0 Å². The van der Waals surface area contributed by atoms with Gasteiger partial charge >= 0.3 is 5.97 Å². The lowest BCUT2D eigenvalue weighted by Crippen LogP contribution is -2.05. The van der Waals surface area contributed by atoms with Crippen LogP contribution < -0.4 is 14.2 Å². The molecular formula is C19H22O5S. The lowest BCUT2D eigenvalue weighted by atomic mass is 10.0. The molecule has 0 saturated heterocycles. The number of rotatable bonds is 8. The summed E-state index contributed by atoms with van der Waals surface area (Å²) in [6.07, 6.45) is 0. The van der Waals surface area contributed by atoms with Gasteiger partial charge in [0.25, 0.3) is 0 Å². The average Bonchev–Trinajstić information content (AvgIpc) is 2.65. The lowest BCUT2D eigenvalue weighted by molar-refractivity contribution is 0.0697. The van der Waals surface area contributed by atoms with Gasteiger partial charge in [0.1, 0.15) is 17.2 Å². The molecular weight excluding hydrogens is 340 g/mol. The molecule has 1 atom stereocenters. The maximum atomic E-state index is 11.1. The Morgan fingerprint density at radius 1 is 1.04 bits per heavy atom. The number of hydrogen-bond acceptors (Lipinski definition) is 5. The molecule has 0 amide bonds. The number of carboxylic acids is 1. The first kappa shape index (κ1) is 19.0. The molecule has 134 valence electrons. The predicted octanol–water partition coefficient (Wildman–Crippen LogP) is 4.25. The smallest absolute Gasteiger partial charge is 0.335 e. The first-order valence-electron chi connectivity index (χ1n) is 7.80. The predicted molar refractivity (Wildman–Crippen MR) is 99.5 cm³/mol. The van der Waals surface area contributed by atoms with Crippen LogP contribution in [0.1, 0.15) is 33.7 Å². The molecule has 2 aromatic carbocycles. The zero-order chi connectivity index (χ0) is 18.4. The van der Waals surface area contributed by atoms with Crippen molar-refractivity contribution in [3.63, 3.8) is 0 Å². The van der Waals surface area contributed by atoms with Crippen LogP contribution in [0.3, 0.4) is 0 Å². The van der Waals surface area contributed by atoms with E-state index in [4.69, 9.17) is 19.3 Å². The SMILES string of the molecule is CCSC(c1ccc(C(=O)O)cc1)c1c(OC)cc(OC)cc1OC. The third-order valence-electron chi connectivity index (χ3n) is 3.81. The summed E-state index contributed by atoms with van der Waals surface area (Å²) >= 11 is 1.72. The Hall–Kier alpha value is -2.34. The van der Waals surface area contributed by atoms with Crippen LogP contribution in [0.2, 0.25) is 0 Å².